The van der Waals surface area contributed by atoms with Crippen LogP contribution in [-0.4, -0.2) is 33.3 Å². The van der Waals surface area contributed by atoms with Gasteiger partial charge in [-0.2, -0.15) is 10.4 Å². The van der Waals surface area contributed by atoms with E-state index in [-0.39, 0.29) is 6.10 Å². The van der Waals surface area contributed by atoms with Crippen molar-refractivity contribution in [2.75, 3.05) is 18.0 Å². The summed E-state index contributed by atoms with van der Waals surface area (Å²) < 4.78 is 6.19. The number of pyridine rings is 2. The van der Waals surface area contributed by atoms with E-state index in [1.165, 1.54) is 0 Å². The maximum Gasteiger partial charge on any atom is 0.146 e. The smallest absolute Gasteiger partial charge is 0.146 e. The molecule has 3 aromatic heterocycles. The number of aryl methyl sites for hydroxylation is 1. The Kier molecular flexibility index (Phi) is 5.57. The van der Waals surface area contributed by atoms with E-state index >= 15 is 0 Å². The number of hydrogen-bond acceptors (Lipinski definition) is 6. The second-order valence-electron chi connectivity index (χ2n) is 8.01. The number of H-pyrrole nitrogens is 1. The number of aromatic amines is 1. The lowest BCUT2D eigenvalue weighted by Crippen LogP contribution is -2.38. The number of benzene rings is 1. The third-order valence-corrected chi connectivity index (χ3v) is 6.63. The Hall–Kier alpha value is -3.34. The van der Waals surface area contributed by atoms with Gasteiger partial charge >= 0.3 is 0 Å². The second kappa shape index (κ2) is 8.54. The molecule has 0 amide bonds. The summed E-state index contributed by atoms with van der Waals surface area (Å²) in [5, 5.41) is 19.0. The Labute approximate surface area is 200 Å². The quantitative estimate of drug-likeness (QED) is 0.386. The van der Waals surface area contributed by atoms with Crippen LogP contribution < -0.4 is 9.64 Å². The summed E-state index contributed by atoms with van der Waals surface area (Å²) >= 11 is 12.8. The van der Waals surface area contributed by atoms with Crippen LogP contribution in [0.4, 0.5) is 5.82 Å². The van der Waals surface area contributed by atoms with Gasteiger partial charge in [-0.05, 0) is 44.5 Å². The number of aromatic nitrogens is 4. The van der Waals surface area contributed by atoms with Gasteiger partial charge in [-0.3, -0.25) is 10.1 Å². The number of halogens is 2. The second-order valence-corrected chi connectivity index (χ2v) is 8.79. The molecule has 0 aliphatic carbocycles. The first-order chi connectivity index (χ1) is 16.0. The highest BCUT2D eigenvalue weighted by Gasteiger charge is 2.21. The Bertz CT molecular complexity index is 1410. The molecule has 0 unspecified atom stereocenters. The Morgan fingerprint density at radius 2 is 2.00 bits per heavy atom. The summed E-state index contributed by atoms with van der Waals surface area (Å²) in [5.74, 6) is 1.37. The van der Waals surface area contributed by atoms with E-state index in [1.807, 2.05) is 38.1 Å². The Morgan fingerprint density at radius 3 is 2.73 bits per heavy atom. The van der Waals surface area contributed by atoms with E-state index in [0.717, 1.165) is 41.8 Å². The van der Waals surface area contributed by atoms with E-state index in [4.69, 9.17) is 27.9 Å². The highest BCUT2D eigenvalue weighted by atomic mass is 35.5. The predicted molar refractivity (Wildman–Crippen MR) is 129 cm³/mol. The molecule has 9 heteroatoms. The van der Waals surface area contributed by atoms with Crippen LogP contribution in [0.15, 0.2) is 36.7 Å². The van der Waals surface area contributed by atoms with E-state index in [0.29, 0.717) is 38.3 Å². The van der Waals surface area contributed by atoms with Crippen molar-refractivity contribution in [3.63, 3.8) is 0 Å². The zero-order valence-electron chi connectivity index (χ0n) is 18.1. The van der Waals surface area contributed by atoms with Gasteiger partial charge in [0.15, 0.2) is 0 Å². The van der Waals surface area contributed by atoms with Crippen LogP contribution >= 0.6 is 23.2 Å². The standard InChI is InChI=1S/C24H20Cl2N6O/c1-13-22(26)21(19(25)12-28-13)14(2)33-17-4-5-20-18(9-17)23(31-30-20)16-8-15(10-27)24(29-11-16)32-6-3-7-32/h4-5,8-9,11-12,14H,3,6-7H2,1-2H3,(H,30,31)/t14-/m1/s1. The van der Waals surface area contributed by atoms with Gasteiger partial charge in [0.25, 0.3) is 0 Å². The molecule has 7 nitrogen and oxygen atoms in total. The average molecular weight is 479 g/mol. The number of nitrogens with zero attached hydrogens (tertiary/aromatic N) is 5. The van der Waals surface area contributed by atoms with Gasteiger partial charge in [-0.1, -0.05) is 23.2 Å². The van der Waals surface area contributed by atoms with Crippen LogP contribution in [0.3, 0.4) is 0 Å². The molecule has 1 N–H and O–H groups in total. The summed E-state index contributed by atoms with van der Waals surface area (Å²) in [6.45, 7) is 5.58. The molecule has 0 bridgehead atoms. The van der Waals surface area contributed by atoms with Crippen molar-refractivity contribution in [2.45, 2.75) is 26.4 Å². The van der Waals surface area contributed by atoms with Crippen molar-refractivity contribution < 1.29 is 4.74 Å². The molecule has 5 rings (SSSR count). The van der Waals surface area contributed by atoms with Gasteiger partial charge < -0.3 is 9.64 Å². The summed E-state index contributed by atoms with van der Waals surface area (Å²) in [6.07, 6.45) is 4.08. The molecule has 4 aromatic rings. The summed E-state index contributed by atoms with van der Waals surface area (Å²) in [5.41, 5.74) is 4.26. The minimum absolute atomic E-state index is 0.387. The lowest BCUT2D eigenvalue weighted by atomic mass is 10.1. The molecule has 1 atom stereocenters. The highest BCUT2D eigenvalue weighted by molar-refractivity contribution is 6.36. The minimum atomic E-state index is -0.387. The molecule has 1 aliphatic heterocycles. The predicted octanol–water partition coefficient (Wildman–Crippen LogP) is 5.86. The number of fused-ring (bicyclic) bond motifs is 1. The third-order valence-electron chi connectivity index (χ3n) is 5.85. The fourth-order valence-electron chi connectivity index (χ4n) is 3.95. The Morgan fingerprint density at radius 1 is 1.18 bits per heavy atom. The summed E-state index contributed by atoms with van der Waals surface area (Å²) in [7, 11) is 0. The molecular formula is C24H20Cl2N6O. The number of ether oxygens (including phenoxy) is 1. The van der Waals surface area contributed by atoms with Crippen LogP contribution in [0.2, 0.25) is 10.0 Å². The van der Waals surface area contributed by atoms with Crippen molar-refractivity contribution in [3.05, 3.63) is 63.5 Å². The summed E-state index contributed by atoms with van der Waals surface area (Å²) in [4.78, 5) is 10.8. The normalized spacial score (nSPS) is 14.1. The maximum absolute atomic E-state index is 9.65. The monoisotopic (exact) mass is 478 g/mol. The van der Waals surface area contributed by atoms with Crippen LogP contribution in [-0.2, 0) is 0 Å². The van der Waals surface area contributed by atoms with E-state index < -0.39 is 0 Å². The molecule has 33 heavy (non-hydrogen) atoms. The van der Waals surface area contributed by atoms with Crippen molar-refractivity contribution in [1.82, 2.24) is 20.2 Å². The summed E-state index contributed by atoms with van der Waals surface area (Å²) in [6, 6.07) is 9.79. The van der Waals surface area contributed by atoms with E-state index in [1.54, 1.807) is 12.4 Å². The van der Waals surface area contributed by atoms with Crippen LogP contribution in [0, 0.1) is 18.3 Å². The molecule has 0 radical (unpaired) electrons. The zero-order chi connectivity index (χ0) is 23.1. The molecule has 166 valence electrons. The van der Waals surface area contributed by atoms with Crippen LogP contribution in [0.25, 0.3) is 22.2 Å². The van der Waals surface area contributed by atoms with Gasteiger partial charge in [0.1, 0.15) is 29.4 Å². The van der Waals surface area contributed by atoms with Gasteiger partial charge in [0, 0.05) is 42.0 Å². The van der Waals surface area contributed by atoms with Crippen LogP contribution in [0.5, 0.6) is 5.75 Å². The first-order valence-corrected chi connectivity index (χ1v) is 11.3. The lowest BCUT2D eigenvalue weighted by Gasteiger charge is -2.32. The van der Waals surface area contributed by atoms with Crippen molar-refractivity contribution in [3.8, 4) is 23.1 Å². The molecule has 0 saturated carbocycles. The van der Waals surface area contributed by atoms with Crippen molar-refractivity contribution in [2.24, 2.45) is 0 Å². The van der Waals surface area contributed by atoms with E-state index in [9.17, 15) is 5.26 Å². The molecule has 1 fully saturated rings. The molecule has 4 heterocycles. The fourth-order valence-corrected chi connectivity index (χ4v) is 4.60. The van der Waals surface area contributed by atoms with Gasteiger partial charge in [-0.15, -0.1) is 0 Å². The van der Waals surface area contributed by atoms with Gasteiger partial charge in [0.05, 0.1) is 26.8 Å². The topological polar surface area (TPSA) is 90.7 Å². The number of anilines is 1. The maximum atomic E-state index is 9.65. The van der Waals surface area contributed by atoms with Crippen molar-refractivity contribution in [1.29, 1.82) is 5.26 Å². The lowest BCUT2D eigenvalue weighted by molar-refractivity contribution is 0.227. The minimum Gasteiger partial charge on any atom is -0.486 e. The first kappa shape index (κ1) is 21.5. The van der Waals surface area contributed by atoms with Gasteiger partial charge in [0.2, 0.25) is 0 Å². The molecule has 1 aromatic carbocycles. The molecule has 1 saturated heterocycles. The number of hydrogen-bond donors (Lipinski definition) is 1. The van der Waals surface area contributed by atoms with E-state index in [2.05, 4.69) is 31.1 Å². The SMILES string of the molecule is Cc1ncc(Cl)c([C@@H](C)Oc2ccc3[nH]nc(-c4cnc(N5CCC5)c(C#N)c4)c3c2)c1Cl. The Balaban J connectivity index is 1.49. The number of rotatable bonds is 5. The van der Waals surface area contributed by atoms with Gasteiger partial charge in [-0.25, -0.2) is 4.98 Å². The highest BCUT2D eigenvalue weighted by Crippen LogP contribution is 2.36. The molecular weight excluding hydrogens is 459 g/mol. The fraction of sp³-hybridized carbons (Fsp3) is 0.250. The number of nitrogens with one attached hydrogen (secondary N) is 1. The molecule has 1 aliphatic rings. The third kappa shape index (κ3) is 3.86. The zero-order valence-corrected chi connectivity index (χ0v) is 19.6. The van der Waals surface area contributed by atoms with Crippen LogP contribution in [0.1, 0.15) is 36.3 Å². The molecule has 0 spiro atoms. The largest absolute Gasteiger partial charge is 0.486 e. The average Bonchev–Trinajstić information content (AvgIpc) is 3.19. The first-order valence-electron chi connectivity index (χ1n) is 10.6. The number of nitriles is 1. The van der Waals surface area contributed by atoms with Crippen molar-refractivity contribution >= 4 is 39.9 Å².